The maximum absolute atomic E-state index is 11.9. The van der Waals surface area contributed by atoms with Crippen LogP contribution in [-0.2, 0) is 11.2 Å². The lowest BCUT2D eigenvalue weighted by molar-refractivity contribution is 0.0944. The topological polar surface area (TPSA) is 64.3 Å². The van der Waals surface area contributed by atoms with E-state index in [1.807, 2.05) is 31.2 Å². The highest BCUT2D eigenvalue weighted by Gasteiger charge is 2.05. The summed E-state index contributed by atoms with van der Waals surface area (Å²) < 4.78 is 5.21. The summed E-state index contributed by atoms with van der Waals surface area (Å²) in [7, 11) is 0. The Morgan fingerprint density at radius 3 is 3.00 bits per heavy atom. The smallest absolute Gasteiger partial charge is 0.251 e. The lowest BCUT2D eigenvalue weighted by atomic mass is 10.1. The van der Waals surface area contributed by atoms with E-state index in [0.29, 0.717) is 25.3 Å². The van der Waals surface area contributed by atoms with E-state index in [0.717, 1.165) is 25.0 Å². The van der Waals surface area contributed by atoms with Crippen LogP contribution < -0.4 is 11.1 Å². The summed E-state index contributed by atoms with van der Waals surface area (Å²) >= 11 is 0. The maximum atomic E-state index is 11.9. The molecular formula is C14H22N2O2. The van der Waals surface area contributed by atoms with Crippen molar-refractivity contribution in [3.63, 3.8) is 0 Å². The first-order chi connectivity index (χ1) is 8.77. The van der Waals surface area contributed by atoms with Gasteiger partial charge in [0.25, 0.3) is 5.91 Å². The zero-order valence-electron chi connectivity index (χ0n) is 10.9. The average Bonchev–Trinajstić information content (AvgIpc) is 2.39. The molecule has 0 fully saturated rings. The summed E-state index contributed by atoms with van der Waals surface area (Å²) in [6.45, 7) is 4.60. The molecule has 0 unspecified atom stereocenters. The summed E-state index contributed by atoms with van der Waals surface area (Å²) in [5.74, 6) is -0.0367. The van der Waals surface area contributed by atoms with E-state index in [1.165, 1.54) is 0 Å². The largest absolute Gasteiger partial charge is 0.382 e. The fourth-order valence-electron chi connectivity index (χ4n) is 1.66. The van der Waals surface area contributed by atoms with Crippen molar-refractivity contribution in [1.29, 1.82) is 0 Å². The second-order valence-electron chi connectivity index (χ2n) is 4.05. The SMILES string of the molecule is CCOCCCNC(=O)c1cccc(CCN)c1. The maximum Gasteiger partial charge on any atom is 0.251 e. The van der Waals surface area contributed by atoms with Crippen molar-refractivity contribution in [2.75, 3.05) is 26.3 Å². The number of ether oxygens (including phenoxy) is 1. The Labute approximate surface area is 109 Å². The van der Waals surface area contributed by atoms with Gasteiger partial charge in [-0.15, -0.1) is 0 Å². The summed E-state index contributed by atoms with van der Waals surface area (Å²) in [6, 6.07) is 7.58. The highest BCUT2D eigenvalue weighted by molar-refractivity contribution is 5.94. The van der Waals surface area contributed by atoms with Gasteiger partial charge in [0.2, 0.25) is 0 Å². The predicted octanol–water partition coefficient (Wildman–Crippen LogP) is 1.34. The average molecular weight is 250 g/mol. The van der Waals surface area contributed by atoms with Crippen LogP contribution >= 0.6 is 0 Å². The minimum Gasteiger partial charge on any atom is -0.382 e. The van der Waals surface area contributed by atoms with E-state index in [2.05, 4.69) is 5.32 Å². The molecule has 1 aromatic rings. The fraction of sp³-hybridized carbons (Fsp3) is 0.500. The highest BCUT2D eigenvalue weighted by Crippen LogP contribution is 2.05. The number of rotatable bonds is 8. The molecule has 1 amide bonds. The minimum absolute atomic E-state index is 0.0367. The second-order valence-corrected chi connectivity index (χ2v) is 4.05. The molecule has 4 nitrogen and oxygen atoms in total. The van der Waals surface area contributed by atoms with E-state index in [9.17, 15) is 4.79 Å². The summed E-state index contributed by atoms with van der Waals surface area (Å²) in [6.07, 6.45) is 1.63. The van der Waals surface area contributed by atoms with E-state index in [-0.39, 0.29) is 5.91 Å². The quantitative estimate of drug-likeness (QED) is 0.684. The van der Waals surface area contributed by atoms with Crippen molar-refractivity contribution in [1.82, 2.24) is 5.32 Å². The van der Waals surface area contributed by atoms with Crippen molar-refractivity contribution in [3.05, 3.63) is 35.4 Å². The molecule has 0 saturated carbocycles. The van der Waals surface area contributed by atoms with Crippen molar-refractivity contribution >= 4 is 5.91 Å². The standard InChI is InChI=1S/C14H22N2O2/c1-2-18-10-4-9-16-14(17)13-6-3-5-12(11-13)7-8-15/h3,5-6,11H,2,4,7-10,15H2,1H3,(H,16,17). The van der Waals surface area contributed by atoms with Gasteiger partial charge in [-0.3, -0.25) is 4.79 Å². The van der Waals surface area contributed by atoms with E-state index >= 15 is 0 Å². The number of amides is 1. The van der Waals surface area contributed by atoms with E-state index < -0.39 is 0 Å². The van der Waals surface area contributed by atoms with Crippen LogP contribution in [-0.4, -0.2) is 32.2 Å². The third-order valence-electron chi connectivity index (χ3n) is 2.58. The van der Waals surface area contributed by atoms with Crippen molar-refractivity contribution in [3.8, 4) is 0 Å². The Morgan fingerprint density at radius 2 is 2.28 bits per heavy atom. The van der Waals surface area contributed by atoms with Crippen LogP contribution in [0.25, 0.3) is 0 Å². The van der Waals surface area contributed by atoms with E-state index in [1.54, 1.807) is 0 Å². The monoisotopic (exact) mass is 250 g/mol. The predicted molar refractivity (Wildman–Crippen MR) is 72.6 cm³/mol. The van der Waals surface area contributed by atoms with Crippen LogP contribution in [0.1, 0.15) is 29.3 Å². The number of hydrogen-bond acceptors (Lipinski definition) is 3. The summed E-state index contributed by atoms with van der Waals surface area (Å²) in [5.41, 5.74) is 7.29. The molecule has 0 saturated heterocycles. The first-order valence-electron chi connectivity index (χ1n) is 6.43. The third-order valence-corrected chi connectivity index (χ3v) is 2.58. The molecule has 1 rings (SSSR count). The van der Waals surface area contributed by atoms with Crippen molar-refractivity contribution in [2.45, 2.75) is 19.8 Å². The second kappa shape index (κ2) is 8.66. The van der Waals surface area contributed by atoms with Gasteiger partial charge in [0.15, 0.2) is 0 Å². The van der Waals surface area contributed by atoms with Gasteiger partial charge >= 0.3 is 0 Å². The molecule has 0 aliphatic carbocycles. The minimum atomic E-state index is -0.0367. The normalized spacial score (nSPS) is 10.3. The molecule has 3 N–H and O–H groups in total. The van der Waals surface area contributed by atoms with E-state index in [4.69, 9.17) is 10.5 Å². The summed E-state index contributed by atoms with van der Waals surface area (Å²) in [4.78, 5) is 11.9. The number of hydrogen-bond donors (Lipinski definition) is 2. The molecule has 4 heteroatoms. The molecule has 0 bridgehead atoms. The molecule has 1 aromatic carbocycles. The number of carbonyl (C=O) groups excluding carboxylic acids is 1. The van der Waals surface area contributed by atoms with Gasteiger partial charge in [-0.1, -0.05) is 12.1 Å². The van der Waals surface area contributed by atoms with Crippen LogP contribution in [0.5, 0.6) is 0 Å². The lowest BCUT2D eigenvalue weighted by Gasteiger charge is -2.06. The Bertz CT molecular complexity index is 367. The molecule has 0 aliphatic rings. The fourth-order valence-corrected chi connectivity index (χ4v) is 1.66. The molecule has 0 spiro atoms. The number of nitrogens with two attached hydrogens (primary N) is 1. The Balaban J connectivity index is 2.38. The van der Waals surface area contributed by atoms with Gasteiger partial charge in [0.05, 0.1) is 0 Å². The van der Waals surface area contributed by atoms with Gasteiger partial charge in [-0.25, -0.2) is 0 Å². The Morgan fingerprint density at radius 1 is 1.44 bits per heavy atom. The van der Waals surface area contributed by atoms with Gasteiger partial charge < -0.3 is 15.8 Å². The zero-order valence-corrected chi connectivity index (χ0v) is 10.9. The van der Waals surface area contributed by atoms with Gasteiger partial charge in [-0.05, 0) is 44.0 Å². The van der Waals surface area contributed by atoms with Crippen LogP contribution in [0.2, 0.25) is 0 Å². The molecule has 100 valence electrons. The number of benzene rings is 1. The summed E-state index contributed by atoms with van der Waals surface area (Å²) in [5, 5.41) is 2.88. The molecule has 0 heterocycles. The van der Waals surface area contributed by atoms with Crippen LogP contribution in [0.4, 0.5) is 0 Å². The molecular weight excluding hydrogens is 228 g/mol. The highest BCUT2D eigenvalue weighted by atomic mass is 16.5. The van der Waals surface area contributed by atoms with Gasteiger partial charge in [-0.2, -0.15) is 0 Å². The molecule has 18 heavy (non-hydrogen) atoms. The van der Waals surface area contributed by atoms with Gasteiger partial charge in [0, 0.05) is 25.3 Å². The molecule has 0 atom stereocenters. The van der Waals surface area contributed by atoms with Crippen LogP contribution in [0.3, 0.4) is 0 Å². The molecule has 0 aliphatic heterocycles. The Hall–Kier alpha value is -1.39. The third kappa shape index (κ3) is 5.29. The van der Waals surface area contributed by atoms with Gasteiger partial charge in [0.1, 0.15) is 0 Å². The van der Waals surface area contributed by atoms with Crippen LogP contribution in [0.15, 0.2) is 24.3 Å². The van der Waals surface area contributed by atoms with Crippen molar-refractivity contribution < 1.29 is 9.53 Å². The molecule has 0 aromatic heterocycles. The van der Waals surface area contributed by atoms with Crippen molar-refractivity contribution in [2.24, 2.45) is 5.73 Å². The Kier molecular flexibility index (Phi) is 7.06. The zero-order chi connectivity index (χ0) is 13.2. The number of carbonyl (C=O) groups is 1. The molecule has 0 radical (unpaired) electrons. The van der Waals surface area contributed by atoms with Crippen LogP contribution in [0, 0.1) is 0 Å². The first kappa shape index (κ1) is 14.7. The first-order valence-corrected chi connectivity index (χ1v) is 6.43. The number of nitrogens with one attached hydrogen (secondary N) is 1. The lowest BCUT2D eigenvalue weighted by Crippen LogP contribution is -2.25.